The number of anilines is 1. The number of rotatable bonds is 9. The molecule has 0 atom stereocenters. The molecule has 162 valence electrons. The van der Waals surface area contributed by atoms with Crippen molar-refractivity contribution >= 4 is 29.0 Å². The molecule has 0 aliphatic heterocycles. The summed E-state index contributed by atoms with van der Waals surface area (Å²) < 4.78 is 30.7. The van der Waals surface area contributed by atoms with E-state index in [0.717, 1.165) is 0 Å². The van der Waals surface area contributed by atoms with Crippen LogP contribution in [0.1, 0.15) is 6.92 Å². The standard InChI is InChI=1S/C19H17F2N5O4S/c1-2-25-17(12-3-9-15(10-4-12)30-18(20)21)23-24-19(25)31-11-16(27)22-13-5-7-14(8-6-13)26(28)29/h3-10,18H,2,11H2,1H3,(H,22,27). The first-order chi connectivity index (χ1) is 14.9. The first-order valence-electron chi connectivity index (χ1n) is 9.03. The Hall–Kier alpha value is -3.54. The number of nitrogens with one attached hydrogen (secondary N) is 1. The zero-order chi connectivity index (χ0) is 22.4. The molecule has 1 aromatic heterocycles. The van der Waals surface area contributed by atoms with Gasteiger partial charge in [0, 0.05) is 29.9 Å². The highest BCUT2D eigenvalue weighted by Crippen LogP contribution is 2.26. The normalized spacial score (nSPS) is 10.8. The van der Waals surface area contributed by atoms with Gasteiger partial charge in [0.25, 0.3) is 5.69 Å². The lowest BCUT2D eigenvalue weighted by atomic mass is 10.2. The number of hydrogen-bond acceptors (Lipinski definition) is 7. The maximum atomic E-state index is 12.3. The number of halogens is 2. The van der Waals surface area contributed by atoms with E-state index in [2.05, 4.69) is 20.3 Å². The Labute approximate surface area is 179 Å². The van der Waals surface area contributed by atoms with Crippen LogP contribution in [0.3, 0.4) is 0 Å². The van der Waals surface area contributed by atoms with E-state index in [-0.39, 0.29) is 23.1 Å². The highest BCUT2D eigenvalue weighted by molar-refractivity contribution is 7.99. The van der Waals surface area contributed by atoms with E-state index in [1.54, 1.807) is 16.7 Å². The van der Waals surface area contributed by atoms with Crippen molar-refractivity contribution in [2.24, 2.45) is 0 Å². The number of benzene rings is 2. The lowest BCUT2D eigenvalue weighted by Gasteiger charge is -2.09. The van der Waals surface area contributed by atoms with E-state index in [4.69, 9.17) is 0 Å². The van der Waals surface area contributed by atoms with Crippen molar-refractivity contribution in [3.8, 4) is 17.1 Å². The summed E-state index contributed by atoms with van der Waals surface area (Å²) in [6, 6.07) is 11.6. The fourth-order valence-electron chi connectivity index (χ4n) is 2.67. The second-order valence-electron chi connectivity index (χ2n) is 6.09. The van der Waals surface area contributed by atoms with Crippen LogP contribution < -0.4 is 10.1 Å². The van der Waals surface area contributed by atoms with Crippen LogP contribution in [0.4, 0.5) is 20.2 Å². The van der Waals surface area contributed by atoms with Gasteiger partial charge in [-0.05, 0) is 43.3 Å². The lowest BCUT2D eigenvalue weighted by Crippen LogP contribution is -2.14. The molecule has 0 fully saturated rings. The summed E-state index contributed by atoms with van der Waals surface area (Å²) in [7, 11) is 0. The van der Waals surface area contributed by atoms with E-state index < -0.39 is 11.5 Å². The molecular weight excluding hydrogens is 432 g/mol. The van der Waals surface area contributed by atoms with Crippen LogP contribution >= 0.6 is 11.8 Å². The van der Waals surface area contributed by atoms with Gasteiger partial charge in [0.2, 0.25) is 5.91 Å². The van der Waals surface area contributed by atoms with Gasteiger partial charge in [-0.25, -0.2) is 0 Å². The van der Waals surface area contributed by atoms with Crippen LogP contribution in [0.15, 0.2) is 53.7 Å². The van der Waals surface area contributed by atoms with Crippen LogP contribution in [0, 0.1) is 10.1 Å². The van der Waals surface area contributed by atoms with E-state index in [0.29, 0.717) is 28.8 Å². The van der Waals surface area contributed by atoms with Crippen LogP contribution in [-0.4, -0.2) is 38.0 Å². The van der Waals surface area contributed by atoms with Crippen molar-refractivity contribution in [2.45, 2.75) is 25.2 Å². The Kier molecular flexibility index (Phi) is 7.13. The number of alkyl halides is 2. The van der Waals surface area contributed by atoms with Crippen molar-refractivity contribution in [1.29, 1.82) is 0 Å². The number of non-ortho nitro benzene ring substituents is 1. The van der Waals surface area contributed by atoms with Gasteiger partial charge in [-0.15, -0.1) is 10.2 Å². The Morgan fingerprint density at radius 2 is 1.87 bits per heavy atom. The molecule has 0 saturated carbocycles. The summed E-state index contributed by atoms with van der Waals surface area (Å²) in [6.07, 6.45) is 0. The molecule has 3 aromatic rings. The summed E-state index contributed by atoms with van der Waals surface area (Å²) in [5, 5.41) is 22.1. The predicted octanol–water partition coefficient (Wildman–Crippen LogP) is 4.21. The number of nitro groups is 1. The molecule has 0 aliphatic carbocycles. The highest BCUT2D eigenvalue weighted by atomic mass is 32.2. The number of nitro benzene ring substituents is 1. The zero-order valence-electron chi connectivity index (χ0n) is 16.2. The number of thioether (sulfide) groups is 1. The summed E-state index contributed by atoms with van der Waals surface area (Å²) >= 11 is 1.18. The second kappa shape index (κ2) is 9.98. The first kappa shape index (κ1) is 22.2. The fraction of sp³-hybridized carbons (Fsp3) is 0.211. The molecule has 0 aliphatic rings. The topological polar surface area (TPSA) is 112 Å². The van der Waals surface area contributed by atoms with Crippen LogP contribution in [0.2, 0.25) is 0 Å². The van der Waals surface area contributed by atoms with Crippen molar-refractivity contribution in [2.75, 3.05) is 11.1 Å². The molecule has 1 N–H and O–H groups in total. The van der Waals surface area contributed by atoms with Crippen LogP contribution in [0.5, 0.6) is 5.75 Å². The second-order valence-corrected chi connectivity index (χ2v) is 7.04. The average Bonchev–Trinajstić information content (AvgIpc) is 3.15. The molecule has 0 radical (unpaired) electrons. The molecule has 0 bridgehead atoms. The first-order valence-corrected chi connectivity index (χ1v) is 10.0. The monoisotopic (exact) mass is 449 g/mol. The van der Waals surface area contributed by atoms with Gasteiger partial charge in [0.05, 0.1) is 10.7 Å². The molecule has 2 aromatic carbocycles. The van der Waals surface area contributed by atoms with Crippen molar-refractivity contribution in [1.82, 2.24) is 14.8 Å². The quantitative estimate of drug-likeness (QED) is 0.296. The smallest absolute Gasteiger partial charge is 0.387 e. The van der Waals surface area contributed by atoms with E-state index in [1.807, 2.05) is 6.92 Å². The molecule has 3 rings (SSSR count). The van der Waals surface area contributed by atoms with Gasteiger partial charge in [-0.3, -0.25) is 14.9 Å². The largest absolute Gasteiger partial charge is 0.435 e. The van der Waals surface area contributed by atoms with Crippen molar-refractivity contribution in [3.05, 3.63) is 58.6 Å². The lowest BCUT2D eigenvalue weighted by molar-refractivity contribution is -0.384. The third kappa shape index (κ3) is 5.75. The van der Waals surface area contributed by atoms with E-state index >= 15 is 0 Å². The predicted molar refractivity (Wildman–Crippen MR) is 110 cm³/mol. The van der Waals surface area contributed by atoms with Gasteiger partial charge in [0.15, 0.2) is 11.0 Å². The molecule has 0 spiro atoms. The Bertz CT molecular complexity index is 1060. The molecular formula is C19H17F2N5O4S. The van der Waals surface area contributed by atoms with Gasteiger partial charge in [-0.1, -0.05) is 11.8 Å². The number of aromatic nitrogens is 3. The minimum atomic E-state index is -2.90. The maximum Gasteiger partial charge on any atom is 0.387 e. The number of hydrogen-bond donors (Lipinski definition) is 1. The molecule has 1 heterocycles. The Morgan fingerprint density at radius 3 is 2.45 bits per heavy atom. The minimum absolute atomic E-state index is 0.0406. The van der Waals surface area contributed by atoms with Gasteiger partial charge >= 0.3 is 6.61 Å². The molecule has 1 amide bonds. The van der Waals surface area contributed by atoms with Gasteiger partial charge in [0.1, 0.15) is 5.75 Å². The van der Waals surface area contributed by atoms with Crippen LogP contribution in [-0.2, 0) is 11.3 Å². The van der Waals surface area contributed by atoms with Crippen molar-refractivity contribution in [3.63, 3.8) is 0 Å². The number of carbonyl (C=O) groups is 1. The maximum absolute atomic E-state index is 12.3. The van der Waals surface area contributed by atoms with Gasteiger partial charge < -0.3 is 14.6 Å². The Balaban J connectivity index is 1.64. The molecule has 9 nitrogen and oxygen atoms in total. The molecule has 0 unspecified atom stereocenters. The van der Waals surface area contributed by atoms with Gasteiger partial charge in [-0.2, -0.15) is 8.78 Å². The third-order valence-corrected chi connectivity index (χ3v) is 5.03. The molecule has 12 heteroatoms. The SMILES string of the molecule is CCn1c(SCC(=O)Nc2ccc([N+](=O)[O-])cc2)nnc1-c1ccc(OC(F)F)cc1. The fourth-order valence-corrected chi connectivity index (χ4v) is 3.48. The Morgan fingerprint density at radius 1 is 1.19 bits per heavy atom. The number of amides is 1. The summed E-state index contributed by atoms with van der Waals surface area (Å²) in [6.45, 7) is -0.475. The number of ether oxygens (including phenoxy) is 1. The zero-order valence-corrected chi connectivity index (χ0v) is 17.0. The molecule has 0 saturated heterocycles. The number of nitrogens with zero attached hydrogens (tertiary/aromatic N) is 4. The highest BCUT2D eigenvalue weighted by Gasteiger charge is 2.15. The average molecular weight is 449 g/mol. The summed E-state index contributed by atoms with van der Waals surface area (Å²) in [5.74, 6) is 0.318. The number of carbonyl (C=O) groups excluding carboxylic acids is 1. The minimum Gasteiger partial charge on any atom is -0.435 e. The third-order valence-electron chi connectivity index (χ3n) is 4.06. The van der Waals surface area contributed by atoms with E-state index in [9.17, 15) is 23.7 Å². The molecule has 31 heavy (non-hydrogen) atoms. The summed E-state index contributed by atoms with van der Waals surface area (Å²) in [5.41, 5.74) is 1.04. The van der Waals surface area contributed by atoms with Crippen molar-refractivity contribution < 1.29 is 23.2 Å². The van der Waals surface area contributed by atoms with E-state index in [1.165, 1.54) is 48.2 Å². The van der Waals surface area contributed by atoms with Crippen LogP contribution in [0.25, 0.3) is 11.4 Å². The summed E-state index contributed by atoms with van der Waals surface area (Å²) in [4.78, 5) is 22.4.